The van der Waals surface area contributed by atoms with Gasteiger partial charge in [-0.25, -0.2) is 0 Å². The van der Waals surface area contributed by atoms with Crippen molar-refractivity contribution in [2.24, 2.45) is 0 Å². The fourth-order valence-electron chi connectivity index (χ4n) is 3.34. The summed E-state index contributed by atoms with van der Waals surface area (Å²) in [7, 11) is 0. The number of carbonyl (C=O) groups is 2. The third kappa shape index (κ3) is 5.10. The van der Waals surface area contributed by atoms with Crippen LogP contribution in [0.3, 0.4) is 0 Å². The number of rotatable bonds is 10. The third-order valence-electron chi connectivity index (χ3n) is 4.99. The van der Waals surface area contributed by atoms with E-state index in [0.717, 1.165) is 24.1 Å². The number of anilines is 1. The Labute approximate surface area is 182 Å². The lowest BCUT2D eigenvalue weighted by Crippen LogP contribution is -2.34. The van der Waals surface area contributed by atoms with E-state index in [9.17, 15) is 9.59 Å². The fraction of sp³-hybridized carbons (Fsp3) is 0.333. The molecule has 0 radical (unpaired) electrons. The van der Waals surface area contributed by atoms with Crippen LogP contribution in [0.5, 0.6) is 0 Å². The van der Waals surface area contributed by atoms with Crippen molar-refractivity contribution in [1.29, 1.82) is 0 Å². The monoisotopic (exact) mass is 426 g/mol. The number of benzene rings is 2. The summed E-state index contributed by atoms with van der Waals surface area (Å²) in [4.78, 5) is 27.6. The van der Waals surface area contributed by atoms with Crippen molar-refractivity contribution in [2.45, 2.75) is 33.1 Å². The average molecular weight is 427 g/mol. The predicted octanol–water partition coefficient (Wildman–Crippen LogP) is 5.05. The van der Waals surface area contributed by atoms with Crippen LogP contribution in [0.2, 0.25) is 5.02 Å². The molecule has 0 saturated carbocycles. The minimum atomic E-state index is -0.318. The lowest BCUT2D eigenvalue weighted by Gasteiger charge is -2.15. The number of amides is 2. The molecule has 158 valence electrons. The lowest BCUT2D eigenvalue weighted by molar-refractivity contribution is -0.137. The topological polar surface area (TPSA) is 58.6 Å². The van der Waals surface area contributed by atoms with Crippen molar-refractivity contribution in [3.8, 4) is 0 Å². The van der Waals surface area contributed by atoms with Crippen LogP contribution in [0, 0.1) is 6.92 Å². The number of hydrogen-bond acceptors (Lipinski definition) is 4. The van der Waals surface area contributed by atoms with Gasteiger partial charge in [-0.3, -0.25) is 14.5 Å². The zero-order valence-corrected chi connectivity index (χ0v) is 18.2. The SMILES string of the molecule is CCCCOCCCN1C(=O)C(Nc2ccc(Cl)cc2C)=C(c2ccccc2)C1=O. The number of hydrogen-bond donors (Lipinski definition) is 1. The summed E-state index contributed by atoms with van der Waals surface area (Å²) in [6, 6.07) is 14.7. The van der Waals surface area contributed by atoms with Crippen LogP contribution in [-0.2, 0) is 14.3 Å². The Kier molecular flexibility index (Phi) is 7.66. The smallest absolute Gasteiger partial charge is 0.278 e. The molecule has 6 heteroatoms. The van der Waals surface area contributed by atoms with E-state index in [0.29, 0.717) is 48.0 Å². The van der Waals surface area contributed by atoms with Crippen LogP contribution >= 0.6 is 11.6 Å². The molecule has 30 heavy (non-hydrogen) atoms. The first-order valence-electron chi connectivity index (χ1n) is 10.3. The standard InChI is InChI=1S/C24H27ClN2O3/c1-3-4-14-30-15-8-13-27-23(28)21(18-9-6-5-7-10-18)22(24(27)29)26-20-12-11-19(25)16-17(20)2/h5-7,9-12,16,26H,3-4,8,13-15H2,1-2H3. The van der Waals surface area contributed by atoms with E-state index >= 15 is 0 Å². The third-order valence-corrected chi connectivity index (χ3v) is 5.23. The van der Waals surface area contributed by atoms with E-state index in [-0.39, 0.29) is 11.8 Å². The Morgan fingerprint density at radius 2 is 1.73 bits per heavy atom. The van der Waals surface area contributed by atoms with E-state index in [2.05, 4.69) is 12.2 Å². The number of imide groups is 1. The molecule has 0 fully saturated rings. The Morgan fingerprint density at radius 1 is 1.00 bits per heavy atom. The Hall–Kier alpha value is -2.63. The lowest BCUT2D eigenvalue weighted by atomic mass is 10.0. The number of halogens is 1. The zero-order valence-electron chi connectivity index (χ0n) is 17.4. The van der Waals surface area contributed by atoms with Gasteiger partial charge < -0.3 is 10.1 Å². The highest BCUT2D eigenvalue weighted by Gasteiger charge is 2.38. The summed E-state index contributed by atoms with van der Waals surface area (Å²) >= 11 is 6.05. The molecule has 1 N–H and O–H groups in total. The van der Waals surface area contributed by atoms with Crippen LogP contribution < -0.4 is 5.32 Å². The normalized spacial score (nSPS) is 14.0. The van der Waals surface area contributed by atoms with Gasteiger partial charge in [0.25, 0.3) is 11.8 Å². The van der Waals surface area contributed by atoms with Crippen LogP contribution in [-0.4, -0.2) is 36.5 Å². The average Bonchev–Trinajstić information content (AvgIpc) is 2.97. The van der Waals surface area contributed by atoms with Crippen molar-refractivity contribution in [1.82, 2.24) is 4.90 Å². The molecule has 0 bridgehead atoms. The largest absolute Gasteiger partial charge is 0.381 e. The summed E-state index contributed by atoms with van der Waals surface area (Å²) in [5.74, 6) is -0.601. The Bertz CT molecular complexity index is 941. The first kappa shape index (κ1) is 22.1. The molecule has 0 spiro atoms. The second kappa shape index (κ2) is 10.4. The maximum Gasteiger partial charge on any atom is 0.278 e. The van der Waals surface area contributed by atoms with Gasteiger partial charge in [0.05, 0.1) is 5.57 Å². The fourth-order valence-corrected chi connectivity index (χ4v) is 3.57. The van der Waals surface area contributed by atoms with Crippen molar-refractivity contribution in [2.75, 3.05) is 25.1 Å². The van der Waals surface area contributed by atoms with Crippen molar-refractivity contribution < 1.29 is 14.3 Å². The molecule has 3 rings (SSSR count). The molecule has 0 aliphatic carbocycles. The number of nitrogens with zero attached hydrogens (tertiary/aromatic N) is 1. The Balaban J connectivity index is 1.82. The highest BCUT2D eigenvalue weighted by atomic mass is 35.5. The molecule has 1 aliphatic heterocycles. The van der Waals surface area contributed by atoms with Gasteiger partial charge in [0.2, 0.25) is 0 Å². The maximum absolute atomic E-state index is 13.2. The van der Waals surface area contributed by atoms with Crippen LogP contribution in [0.25, 0.3) is 5.57 Å². The minimum Gasteiger partial charge on any atom is -0.381 e. The Morgan fingerprint density at radius 3 is 2.43 bits per heavy atom. The quantitative estimate of drug-likeness (QED) is 0.426. The molecular formula is C24H27ClN2O3. The van der Waals surface area contributed by atoms with Crippen LogP contribution in [0.4, 0.5) is 5.69 Å². The van der Waals surface area contributed by atoms with E-state index < -0.39 is 0 Å². The molecule has 0 saturated heterocycles. The van der Waals surface area contributed by atoms with Crippen LogP contribution in [0.15, 0.2) is 54.2 Å². The van der Waals surface area contributed by atoms with Gasteiger partial charge in [-0.1, -0.05) is 55.3 Å². The first-order chi connectivity index (χ1) is 14.5. The summed E-state index contributed by atoms with van der Waals surface area (Å²) in [5, 5.41) is 3.81. The molecule has 0 aromatic heterocycles. The number of aryl methyl sites for hydroxylation is 1. The highest BCUT2D eigenvalue weighted by Crippen LogP contribution is 2.31. The van der Waals surface area contributed by atoms with Crippen molar-refractivity contribution in [3.05, 3.63) is 70.4 Å². The molecular weight excluding hydrogens is 400 g/mol. The van der Waals surface area contributed by atoms with E-state index in [1.54, 1.807) is 6.07 Å². The van der Waals surface area contributed by atoms with Gasteiger partial charge >= 0.3 is 0 Å². The molecule has 2 amide bonds. The van der Waals surface area contributed by atoms with Gasteiger partial charge in [-0.2, -0.15) is 0 Å². The first-order valence-corrected chi connectivity index (χ1v) is 10.7. The predicted molar refractivity (Wildman–Crippen MR) is 120 cm³/mol. The number of carbonyl (C=O) groups excluding carboxylic acids is 2. The maximum atomic E-state index is 13.2. The van der Waals surface area contributed by atoms with Crippen LogP contribution in [0.1, 0.15) is 37.3 Å². The summed E-state index contributed by atoms with van der Waals surface area (Å²) in [6.07, 6.45) is 2.69. The van der Waals surface area contributed by atoms with Crippen molar-refractivity contribution in [3.63, 3.8) is 0 Å². The number of nitrogens with one attached hydrogen (secondary N) is 1. The van der Waals surface area contributed by atoms with Crippen molar-refractivity contribution >= 4 is 34.7 Å². The molecule has 0 unspecified atom stereocenters. The van der Waals surface area contributed by atoms with Gasteiger partial charge in [-0.05, 0) is 49.1 Å². The second-order valence-electron chi connectivity index (χ2n) is 7.28. The molecule has 2 aromatic carbocycles. The summed E-state index contributed by atoms with van der Waals surface area (Å²) < 4.78 is 5.57. The molecule has 0 atom stereocenters. The van der Waals surface area contributed by atoms with E-state index in [1.165, 1.54) is 4.90 Å². The summed E-state index contributed by atoms with van der Waals surface area (Å²) in [5.41, 5.74) is 3.04. The second-order valence-corrected chi connectivity index (χ2v) is 7.72. The molecule has 5 nitrogen and oxygen atoms in total. The molecule has 1 heterocycles. The number of ether oxygens (including phenoxy) is 1. The molecule has 1 aliphatic rings. The van der Waals surface area contributed by atoms with Gasteiger partial charge in [-0.15, -0.1) is 0 Å². The van der Waals surface area contributed by atoms with Gasteiger partial charge in [0.1, 0.15) is 5.70 Å². The van der Waals surface area contributed by atoms with E-state index in [1.807, 2.05) is 49.4 Å². The number of unbranched alkanes of at least 4 members (excludes halogenated alkanes) is 1. The molecule has 2 aromatic rings. The highest BCUT2D eigenvalue weighted by molar-refractivity contribution is 6.36. The van der Waals surface area contributed by atoms with Gasteiger partial charge in [0.15, 0.2) is 0 Å². The minimum absolute atomic E-state index is 0.283. The van der Waals surface area contributed by atoms with E-state index in [4.69, 9.17) is 16.3 Å². The summed E-state index contributed by atoms with van der Waals surface area (Å²) in [6.45, 7) is 5.57. The zero-order chi connectivity index (χ0) is 21.5. The van der Waals surface area contributed by atoms with Gasteiger partial charge in [0, 0.05) is 30.5 Å².